The minimum atomic E-state index is 0.849. The molecule has 1 heterocycles. The Morgan fingerprint density at radius 2 is 1.70 bits per heavy atom. The van der Waals surface area contributed by atoms with Crippen LogP contribution in [-0.2, 0) is 0 Å². The maximum atomic E-state index is 5.20. The minimum absolute atomic E-state index is 0.849. The third-order valence-electron chi connectivity index (χ3n) is 3.44. The van der Waals surface area contributed by atoms with Crippen LogP contribution in [0.2, 0.25) is 0 Å². The largest absolute Gasteiger partial charge is 0.497 e. The molecule has 0 atom stereocenters. The molecule has 0 unspecified atom stereocenters. The van der Waals surface area contributed by atoms with Crippen LogP contribution in [0.1, 0.15) is 5.56 Å². The van der Waals surface area contributed by atoms with Gasteiger partial charge in [-0.15, -0.1) is 0 Å². The SMILES string of the molecule is COc1ccc(-c2nc3ccccc3c(C)c2Br)cc1. The number of hydrogen-bond acceptors (Lipinski definition) is 2. The molecular formula is C17H14BrNO. The predicted molar refractivity (Wildman–Crippen MR) is 86.2 cm³/mol. The number of ether oxygens (including phenoxy) is 1. The van der Waals surface area contributed by atoms with Crippen LogP contribution >= 0.6 is 15.9 Å². The lowest BCUT2D eigenvalue weighted by atomic mass is 10.1. The highest BCUT2D eigenvalue weighted by Gasteiger charge is 2.11. The number of aromatic nitrogens is 1. The van der Waals surface area contributed by atoms with Crippen LogP contribution in [0.3, 0.4) is 0 Å². The minimum Gasteiger partial charge on any atom is -0.497 e. The molecule has 0 amide bonds. The van der Waals surface area contributed by atoms with Gasteiger partial charge < -0.3 is 4.74 Å². The first-order valence-electron chi connectivity index (χ1n) is 6.40. The molecule has 2 aromatic carbocycles. The van der Waals surface area contributed by atoms with E-state index in [1.807, 2.05) is 42.5 Å². The van der Waals surface area contributed by atoms with Gasteiger partial charge in [0.25, 0.3) is 0 Å². The van der Waals surface area contributed by atoms with Crippen molar-refractivity contribution >= 4 is 26.8 Å². The van der Waals surface area contributed by atoms with Crippen molar-refractivity contribution in [2.24, 2.45) is 0 Å². The summed E-state index contributed by atoms with van der Waals surface area (Å²) in [6.07, 6.45) is 0. The average Bonchev–Trinajstić information content (AvgIpc) is 2.51. The summed E-state index contributed by atoms with van der Waals surface area (Å²) >= 11 is 3.68. The summed E-state index contributed by atoms with van der Waals surface area (Å²) in [4.78, 5) is 4.77. The average molecular weight is 328 g/mol. The second kappa shape index (κ2) is 5.25. The van der Waals surface area contributed by atoms with E-state index in [2.05, 4.69) is 28.9 Å². The van der Waals surface area contributed by atoms with Crippen LogP contribution in [0.5, 0.6) is 5.75 Å². The zero-order chi connectivity index (χ0) is 14.1. The molecule has 20 heavy (non-hydrogen) atoms. The Morgan fingerprint density at radius 1 is 1.00 bits per heavy atom. The summed E-state index contributed by atoms with van der Waals surface area (Å²) in [7, 11) is 1.67. The van der Waals surface area contributed by atoms with Crippen molar-refractivity contribution in [3.63, 3.8) is 0 Å². The molecule has 0 aliphatic carbocycles. The number of fused-ring (bicyclic) bond motifs is 1. The fourth-order valence-electron chi connectivity index (χ4n) is 2.29. The summed E-state index contributed by atoms with van der Waals surface area (Å²) in [5.74, 6) is 0.849. The fourth-order valence-corrected chi connectivity index (χ4v) is 2.82. The molecule has 3 rings (SSSR count). The molecule has 0 spiro atoms. The molecule has 100 valence electrons. The van der Waals surface area contributed by atoms with Crippen LogP contribution in [0, 0.1) is 6.92 Å². The molecule has 0 radical (unpaired) electrons. The van der Waals surface area contributed by atoms with E-state index >= 15 is 0 Å². The third-order valence-corrected chi connectivity index (χ3v) is 4.41. The van der Waals surface area contributed by atoms with Crippen molar-refractivity contribution in [1.29, 1.82) is 0 Å². The normalized spacial score (nSPS) is 10.8. The van der Waals surface area contributed by atoms with Gasteiger partial charge in [0, 0.05) is 15.4 Å². The summed E-state index contributed by atoms with van der Waals surface area (Å²) in [6, 6.07) is 16.2. The maximum absolute atomic E-state index is 5.20. The zero-order valence-electron chi connectivity index (χ0n) is 11.4. The monoisotopic (exact) mass is 327 g/mol. The second-order valence-corrected chi connectivity index (χ2v) is 5.44. The second-order valence-electron chi connectivity index (χ2n) is 4.65. The van der Waals surface area contributed by atoms with Gasteiger partial charge in [0.05, 0.1) is 18.3 Å². The number of benzene rings is 2. The van der Waals surface area contributed by atoms with Gasteiger partial charge in [0.2, 0.25) is 0 Å². The first kappa shape index (κ1) is 13.1. The van der Waals surface area contributed by atoms with E-state index in [1.54, 1.807) is 7.11 Å². The van der Waals surface area contributed by atoms with E-state index in [9.17, 15) is 0 Å². The molecule has 0 saturated heterocycles. The predicted octanol–water partition coefficient (Wildman–Crippen LogP) is 4.98. The summed E-state index contributed by atoms with van der Waals surface area (Å²) in [6.45, 7) is 2.11. The number of nitrogens with zero attached hydrogens (tertiary/aromatic N) is 1. The van der Waals surface area contributed by atoms with Crippen LogP contribution in [0.25, 0.3) is 22.2 Å². The van der Waals surface area contributed by atoms with E-state index in [4.69, 9.17) is 9.72 Å². The number of halogens is 1. The number of aryl methyl sites for hydroxylation is 1. The zero-order valence-corrected chi connectivity index (χ0v) is 12.9. The smallest absolute Gasteiger partial charge is 0.118 e. The van der Waals surface area contributed by atoms with Crippen LogP contribution in [0.15, 0.2) is 53.0 Å². The van der Waals surface area contributed by atoms with Gasteiger partial charge in [-0.1, -0.05) is 18.2 Å². The molecule has 0 fully saturated rings. The van der Waals surface area contributed by atoms with E-state index < -0.39 is 0 Å². The van der Waals surface area contributed by atoms with Gasteiger partial charge in [0.15, 0.2) is 0 Å². The highest BCUT2D eigenvalue weighted by molar-refractivity contribution is 9.10. The van der Waals surface area contributed by atoms with Crippen LogP contribution < -0.4 is 4.74 Å². The van der Waals surface area contributed by atoms with Crippen molar-refractivity contribution in [3.8, 4) is 17.0 Å². The van der Waals surface area contributed by atoms with Crippen molar-refractivity contribution in [1.82, 2.24) is 4.98 Å². The molecular weight excluding hydrogens is 314 g/mol. The first-order valence-corrected chi connectivity index (χ1v) is 7.19. The van der Waals surface area contributed by atoms with Crippen molar-refractivity contribution in [2.45, 2.75) is 6.92 Å². The Morgan fingerprint density at radius 3 is 2.40 bits per heavy atom. The van der Waals surface area contributed by atoms with Crippen LogP contribution in [-0.4, -0.2) is 12.1 Å². The highest BCUT2D eigenvalue weighted by Crippen LogP contribution is 2.34. The van der Waals surface area contributed by atoms with Crippen molar-refractivity contribution in [2.75, 3.05) is 7.11 Å². The number of para-hydroxylation sites is 1. The van der Waals surface area contributed by atoms with E-state index in [-0.39, 0.29) is 0 Å². The van der Waals surface area contributed by atoms with E-state index in [0.717, 1.165) is 27.0 Å². The Balaban J connectivity index is 2.22. The standard InChI is InChI=1S/C17H14BrNO/c1-11-14-5-3-4-6-15(14)19-17(16(11)18)12-7-9-13(20-2)10-8-12/h3-10H,1-2H3. The van der Waals surface area contributed by atoms with Gasteiger partial charge in [-0.3, -0.25) is 0 Å². The molecule has 2 nitrogen and oxygen atoms in total. The summed E-state index contributed by atoms with van der Waals surface area (Å²) in [5, 5.41) is 1.18. The van der Waals surface area contributed by atoms with E-state index in [1.165, 1.54) is 10.9 Å². The Kier molecular flexibility index (Phi) is 3.45. The lowest BCUT2D eigenvalue weighted by molar-refractivity contribution is 0.415. The Bertz CT molecular complexity index is 766. The molecule has 0 aliphatic rings. The van der Waals surface area contributed by atoms with Crippen LogP contribution in [0.4, 0.5) is 0 Å². The van der Waals surface area contributed by atoms with Crippen molar-refractivity contribution in [3.05, 3.63) is 58.6 Å². The molecule has 0 N–H and O–H groups in total. The number of pyridine rings is 1. The summed E-state index contributed by atoms with van der Waals surface area (Å²) in [5.41, 5.74) is 4.26. The fraction of sp³-hybridized carbons (Fsp3) is 0.118. The molecule has 3 aromatic rings. The first-order chi connectivity index (χ1) is 9.70. The van der Waals surface area contributed by atoms with Gasteiger partial charge in [-0.2, -0.15) is 0 Å². The van der Waals surface area contributed by atoms with Gasteiger partial charge in [-0.05, 0) is 58.7 Å². The molecule has 3 heteroatoms. The molecule has 1 aromatic heterocycles. The topological polar surface area (TPSA) is 22.1 Å². The number of hydrogen-bond donors (Lipinski definition) is 0. The van der Waals surface area contributed by atoms with Gasteiger partial charge in [-0.25, -0.2) is 4.98 Å². The molecule has 0 bridgehead atoms. The number of rotatable bonds is 2. The summed E-state index contributed by atoms with van der Waals surface area (Å²) < 4.78 is 6.24. The lowest BCUT2D eigenvalue weighted by Gasteiger charge is -2.11. The van der Waals surface area contributed by atoms with Crippen molar-refractivity contribution < 1.29 is 4.74 Å². The third kappa shape index (κ3) is 2.18. The Hall–Kier alpha value is -1.87. The quantitative estimate of drug-likeness (QED) is 0.662. The molecule has 0 aliphatic heterocycles. The highest BCUT2D eigenvalue weighted by atomic mass is 79.9. The maximum Gasteiger partial charge on any atom is 0.118 e. The van der Waals surface area contributed by atoms with E-state index in [0.29, 0.717) is 0 Å². The lowest BCUT2D eigenvalue weighted by Crippen LogP contribution is -1.92. The Labute approximate surface area is 126 Å². The van der Waals surface area contributed by atoms with Gasteiger partial charge >= 0.3 is 0 Å². The molecule has 0 saturated carbocycles. The number of methoxy groups -OCH3 is 1. The van der Waals surface area contributed by atoms with Gasteiger partial charge in [0.1, 0.15) is 5.75 Å².